The van der Waals surface area contributed by atoms with Crippen LogP contribution in [-0.2, 0) is 31.5 Å². The zero-order valence-electron chi connectivity index (χ0n) is 22.7. The van der Waals surface area contributed by atoms with Crippen LogP contribution in [0, 0.1) is 17.7 Å². The first-order valence-electron chi connectivity index (χ1n) is 13.3. The summed E-state index contributed by atoms with van der Waals surface area (Å²) in [6, 6.07) is 9.40. The van der Waals surface area contributed by atoms with Crippen LogP contribution in [0.25, 0.3) is 0 Å². The molecule has 232 valence electrons. The Morgan fingerprint density at radius 1 is 0.884 bits per heavy atom. The number of alkyl halides is 7. The van der Waals surface area contributed by atoms with E-state index in [1.807, 2.05) is 0 Å². The molecule has 4 rings (SSSR count). The number of carbonyl (C=O) groups is 1. The normalized spacial score (nSPS) is 21.9. The van der Waals surface area contributed by atoms with Gasteiger partial charge in [-0.05, 0) is 78.6 Å². The van der Waals surface area contributed by atoms with Crippen molar-refractivity contribution in [2.24, 2.45) is 11.8 Å². The Morgan fingerprint density at radius 2 is 1.44 bits per heavy atom. The molecule has 1 heterocycles. The van der Waals surface area contributed by atoms with Crippen LogP contribution in [0.5, 0.6) is 0 Å². The number of carbonyl (C=O) groups excluding carboxylic acids is 1. The van der Waals surface area contributed by atoms with E-state index in [0.717, 1.165) is 42.0 Å². The van der Waals surface area contributed by atoms with E-state index in [1.165, 1.54) is 0 Å². The van der Waals surface area contributed by atoms with E-state index >= 15 is 0 Å². The Morgan fingerprint density at radius 3 is 1.95 bits per heavy atom. The SMILES string of the molecule is C[C@@H]1C[C@](c2ccc(C(F)(C(F)(F)F)C(F)(F)F)cc2)(S(=O)(=O)c2ccc(F)cc2)CCC1CC(=O)Cc1ccncc1. The van der Waals surface area contributed by atoms with E-state index in [9.17, 15) is 48.3 Å². The predicted molar refractivity (Wildman–Crippen MR) is 141 cm³/mol. The average Bonchev–Trinajstić information content (AvgIpc) is 2.93. The quantitative estimate of drug-likeness (QED) is 0.188. The van der Waals surface area contributed by atoms with E-state index in [2.05, 4.69) is 4.98 Å². The maximum absolute atomic E-state index is 14.7. The lowest BCUT2D eigenvalue weighted by atomic mass is 9.70. The van der Waals surface area contributed by atoms with Crippen LogP contribution in [0.4, 0.5) is 35.1 Å². The molecule has 3 aromatic rings. The number of ketones is 1. The zero-order chi connectivity index (χ0) is 31.8. The molecule has 1 unspecified atom stereocenters. The number of Topliss-reactive ketones (excluding diaryl/α,β-unsaturated/α-hetero) is 1. The molecule has 1 aromatic heterocycles. The molecular formula is C30H27F8NO3S. The molecule has 0 N–H and O–H groups in total. The topological polar surface area (TPSA) is 64.1 Å². The smallest absolute Gasteiger partial charge is 0.299 e. The summed E-state index contributed by atoms with van der Waals surface area (Å²) in [4.78, 5) is 16.4. The minimum atomic E-state index is -6.33. The molecule has 1 aliphatic rings. The van der Waals surface area contributed by atoms with Gasteiger partial charge in [-0.2, -0.15) is 26.3 Å². The summed E-state index contributed by atoms with van der Waals surface area (Å²) in [6.45, 7) is 1.72. The minimum absolute atomic E-state index is 0.0973. The Hall–Kier alpha value is -3.35. The van der Waals surface area contributed by atoms with Crippen molar-refractivity contribution < 1.29 is 48.3 Å². The van der Waals surface area contributed by atoms with E-state index in [0.29, 0.717) is 12.1 Å². The van der Waals surface area contributed by atoms with Crippen molar-refractivity contribution in [2.45, 2.75) is 66.7 Å². The lowest BCUT2D eigenvalue weighted by molar-refractivity contribution is -0.348. The van der Waals surface area contributed by atoms with Gasteiger partial charge in [0.15, 0.2) is 9.84 Å². The maximum atomic E-state index is 14.7. The van der Waals surface area contributed by atoms with E-state index in [-0.39, 0.29) is 54.3 Å². The maximum Gasteiger partial charge on any atom is 0.435 e. The van der Waals surface area contributed by atoms with Gasteiger partial charge in [-0.3, -0.25) is 9.78 Å². The lowest BCUT2D eigenvalue weighted by Gasteiger charge is -2.43. The number of hydrogen-bond acceptors (Lipinski definition) is 4. The van der Waals surface area contributed by atoms with Crippen LogP contribution >= 0.6 is 0 Å². The standard InChI is InChI=1S/C30H27F8NO3S/c1-19-18-27(43(41,42)26-8-6-24(31)7-9-26,13-10-21(19)17-25(40)16-20-11-14-39-15-12-20)22-2-4-23(5-3-22)28(32,29(33,34)35)30(36,37)38/h2-9,11-12,14-15,19,21H,10,13,16-18H2,1H3/t19-,21?,27-/m1/s1. The fraction of sp³-hybridized carbons (Fsp3) is 0.400. The van der Waals surface area contributed by atoms with Crippen molar-refractivity contribution in [1.29, 1.82) is 0 Å². The molecule has 0 aliphatic heterocycles. The van der Waals surface area contributed by atoms with Crippen molar-refractivity contribution in [3.8, 4) is 0 Å². The largest absolute Gasteiger partial charge is 0.435 e. The third-order valence-electron chi connectivity index (χ3n) is 8.24. The fourth-order valence-corrected chi connectivity index (χ4v) is 8.14. The van der Waals surface area contributed by atoms with Crippen molar-refractivity contribution in [1.82, 2.24) is 4.98 Å². The fourth-order valence-electron chi connectivity index (χ4n) is 5.88. The van der Waals surface area contributed by atoms with Gasteiger partial charge < -0.3 is 0 Å². The van der Waals surface area contributed by atoms with Gasteiger partial charge in [0.05, 0.1) is 4.90 Å². The third-order valence-corrected chi connectivity index (χ3v) is 10.8. The monoisotopic (exact) mass is 633 g/mol. The Balaban J connectivity index is 1.72. The first-order chi connectivity index (χ1) is 19.9. The van der Waals surface area contributed by atoms with Crippen LogP contribution in [0.15, 0.2) is 78.0 Å². The second-order valence-electron chi connectivity index (χ2n) is 10.9. The van der Waals surface area contributed by atoms with Crippen LogP contribution in [0.3, 0.4) is 0 Å². The van der Waals surface area contributed by atoms with Gasteiger partial charge in [0.2, 0.25) is 0 Å². The number of pyridine rings is 1. The molecule has 0 radical (unpaired) electrons. The Bertz CT molecular complexity index is 1530. The number of halogens is 8. The predicted octanol–water partition coefficient (Wildman–Crippen LogP) is 7.82. The number of aromatic nitrogens is 1. The van der Waals surface area contributed by atoms with Gasteiger partial charge in [0.1, 0.15) is 16.3 Å². The van der Waals surface area contributed by atoms with Crippen molar-refractivity contribution in [3.63, 3.8) is 0 Å². The molecule has 0 amide bonds. The van der Waals surface area contributed by atoms with Crippen molar-refractivity contribution >= 4 is 15.6 Å². The molecule has 13 heteroatoms. The first kappa shape index (κ1) is 32.6. The van der Waals surface area contributed by atoms with Crippen LogP contribution in [-0.4, -0.2) is 31.5 Å². The molecule has 0 bridgehead atoms. The van der Waals surface area contributed by atoms with E-state index in [4.69, 9.17) is 0 Å². The molecule has 0 spiro atoms. The van der Waals surface area contributed by atoms with E-state index in [1.54, 1.807) is 31.5 Å². The van der Waals surface area contributed by atoms with Crippen LogP contribution in [0.2, 0.25) is 0 Å². The molecule has 2 aromatic carbocycles. The number of rotatable bonds is 8. The highest BCUT2D eigenvalue weighted by Gasteiger charge is 2.73. The van der Waals surface area contributed by atoms with Gasteiger partial charge in [0, 0.05) is 30.8 Å². The lowest BCUT2D eigenvalue weighted by Crippen LogP contribution is -2.50. The molecule has 0 saturated heterocycles. The second-order valence-corrected chi connectivity index (χ2v) is 13.2. The first-order valence-corrected chi connectivity index (χ1v) is 14.7. The molecule has 43 heavy (non-hydrogen) atoms. The summed E-state index contributed by atoms with van der Waals surface area (Å²) in [5, 5.41) is 0. The number of hydrogen-bond donors (Lipinski definition) is 0. The summed E-state index contributed by atoms with van der Waals surface area (Å²) in [7, 11) is -4.43. The van der Waals surface area contributed by atoms with Gasteiger partial charge in [-0.15, -0.1) is 0 Å². The Labute approximate surface area is 243 Å². The van der Waals surface area contributed by atoms with Gasteiger partial charge in [-0.25, -0.2) is 17.2 Å². The summed E-state index contributed by atoms with van der Waals surface area (Å²) >= 11 is 0. The van der Waals surface area contributed by atoms with Gasteiger partial charge in [0.25, 0.3) is 0 Å². The third kappa shape index (κ3) is 6.05. The highest BCUT2D eigenvalue weighted by Crippen LogP contribution is 2.55. The van der Waals surface area contributed by atoms with Crippen LogP contribution in [0.1, 0.15) is 49.3 Å². The summed E-state index contributed by atoms with van der Waals surface area (Å²) in [5.41, 5.74) is -6.81. The minimum Gasteiger partial charge on any atom is -0.299 e. The number of benzene rings is 2. The molecule has 4 nitrogen and oxygen atoms in total. The Kier molecular flexibility index (Phi) is 8.80. The second kappa shape index (κ2) is 11.6. The van der Waals surface area contributed by atoms with Gasteiger partial charge in [-0.1, -0.05) is 31.2 Å². The molecule has 1 fully saturated rings. The van der Waals surface area contributed by atoms with Crippen LogP contribution < -0.4 is 0 Å². The number of nitrogens with zero attached hydrogens (tertiary/aromatic N) is 1. The van der Waals surface area contributed by atoms with E-state index < -0.39 is 49.9 Å². The van der Waals surface area contributed by atoms with Gasteiger partial charge >= 0.3 is 18.0 Å². The number of sulfone groups is 1. The molecular weight excluding hydrogens is 606 g/mol. The molecule has 3 atom stereocenters. The highest BCUT2D eigenvalue weighted by atomic mass is 32.2. The van der Waals surface area contributed by atoms with Crippen molar-refractivity contribution in [2.75, 3.05) is 0 Å². The summed E-state index contributed by atoms with van der Waals surface area (Å²) in [6.07, 6.45) is -9.42. The molecule has 1 saturated carbocycles. The summed E-state index contributed by atoms with van der Waals surface area (Å²) < 4.78 is 135. The zero-order valence-corrected chi connectivity index (χ0v) is 23.5. The molecule has 1 aliphatic carbocycles. The highest BCUT2D eigenvalue weighted by molar-refractivity contribution is 7.92. The van der Waals surface area contributed by atoms with Crippen molar-refractivity contribution in [3.05, 3.63) is 95.6 Å². The average molecular weight is 634 g/mol. The summed E-state index contributed by atoms with van der Waals surface area (Å²) in [5.74, 6) is -1.52.